The molecule has 1 saturated carbocycles. The van der Waals surface area contributed by atoms with Gasteiger partial charge in [-0.05, 0) is 26.2 Å². The number of nitrogens with zero attached hydrogens (tertiary/aromatic N) is 3. The predicted octanol–water partition coefficient (Wildman–Crippen LogP) is 3.16. The molecule has 0 aliphatic heterocycles. The summed E-state index contributed by atoms with van der Waals surface area (Å²) in [6.07, 6.45) is 7.87. The molecule has 0 spiro atoms. The van der Waals surface area contributed by atoms with Crippen LogP contribution in [0.4, 0.5) is 0 Å². The molecule has 1 aliphatic carbocycles. The number of hydrogen-bond donors (Lipinski definition) is 2. The molecule has 7 nitrogen and oxygen atoms in total. The van der Waals surface area contributed by atoms with E-state index in [4.69, 9.17) is 9.26 Å². The van der Waals surface area contributed by atoms with Crippen molar-refractivity contribution in [3.63, 3.8) is 0 Å². The summed E-state index contributed by atoms with van der Waals surface area (Å²) in [5.74, 6) is 2.01. The van der Waals surface area contributed by atoms with E-state index in [-0.39, 0.29) is 5.41 Å². The zero-order valence-electron chi connectivity index (χ0n) is 16.8. The fourth-order valence-electron chi connectivity index (χ4n) is 2.88. The largest absolute Gasteiger partial charge is 0.378 e. The normalized spacial score (nSPS) is 16.7. The van der Waals surface area contributed by atoms with Gasteiger partial charge in [0, 0.05) is 25.1 Å². The van der Waals surface area contributed by atoms with Gasteiger partial charge in [0.1, 0.15) is 6.54 Å². The molecule has 0 bridgehead atoms. The number of guanidine groups is 1. The van der Waals surface area contributed by atoms with Crippen LogP contribution in [0.25, 0.3) is 0 Å². The van der Waals surface area contributed by atoms with Gasteiger partial charge in [-0.25, -0.2) is 4.99 Å². The van der Waals surface area contributed by atoms with E-state index >= 15 is 0 Å². The molecule has 0 atom stereocenters. The van der Waals surface area contributed by atoms with E-state index in [0.29, 0.717) is 24.4 Å². The number of nitrogens with one attached hydrogen (secondary N) is 2. The minimum Gasteiger partial charge on any atom is -0.378 e. The Morgan fingerprint density at radius 2 is 2.00 bits per heavy atom. The fraction of sp³-hybridized carbons (Fsp3) is 0.842. The first-order valence-electron chi connectivity index (χ1n) is 9.96. The third-order valence-corrected chi connectivity index (χ3v) is 4.35. The second kappa shape index (κ2) is 10.5. The van der Waals surface area contributed by atoms with E-state index in [1.165, 1.54) is 32.1 Å². The van der Waals surface area contributed by atoms with Crippen LogP contribution in [-0.2, 0) is 16.7 Å². The number of rotatable bonds is 8. The Hall–Kier alpha value is -1.63. The smallest absolute Gasteiger partial charge is 0.232 e. The quantitative estimate of drug-likeness (QED) is 0.418. The molecule has 26 heavy (non-hydrogen) atoms. The van der Waals surface area contributed by atoms with Gasteiger partial charge in [0.15, 0.2) is 11.8 Å². The summed E-state index contributed by atoms with van der Waals surface area (Å²) in [5, 5.41) is 10.6. The van der Waals surface area contributed by atoms with Gasteiger partial charge in [0.2, 0.25) is 5.89 Å². The lowest BCUT2D eigenvalue weighted by atomic mass is 9.97. The molecule has 7 heteroatoms. The predicted molar refractivity (Wildman–Crippen MR) is 103 cm³/mol. The highest BCUT2D eigenvalue weighted by Gasteiger charge is 2.21. The summed E-state index contributed by atoms with van der Waals surface area (Å²) in [6, 6.07) is 0. The van der Waals surface area contributed by atoms with Gasteiger partial charge in [-0.1, -0.05) is 45.2 Å². The number of hydrogen-bond acceptors (Lipinski definition) is 5. The molecular weight excluding hydrogens is 330 g/mol. The number of ether oxygens (including phenoxy) is 1. The summed E-state index contributed by atoms with van der Waals surface area (Å²) in [6.45, 7) is 11.0. The van der Waals surface area contributed by atoms with Gasteiger partial charge in [-0.3, -0.25) is 0 Å². The van der Waals surface area contributed by atoms with Crippen molar-refractivity contribution in [1.82, 2.24) is 20.8 Å². The maximum absolute atomic E-state index is 5.96. The molecule has 1 aromatic rings. The highest BCUT2D eigenvalue weighted by molar-refractivity contribution is 5.79. The van der Waals surface area contributed by atoms with E-state index in [2.05, 4.69) is 53.5 Å². The summed E-state index contributed by atoms with van der Waals surface area (Å²) >= 11 is 0. The van der Waals surface area contributed by atoms with Crippen LogP contribution in [0.5, 0.6) is 0 Å². The highest BCUT2D eigenvalue weighted by atomic mass is 16.5. The Morgan fingerprint density at radius 3 is 2.65 bits per heavy atom. The van der Waals surface area contributed by atoms with Crippen LogP contribution in [0.3, 0.4) is 0 Å². The Morgan fingerprint density at radius 1 is 1.23 bits per heavy atom. The first-order valence-corrected chi connectivity index (χ1v) is 9.96. The second-order valence-electron chi connectivity index (χ2n) is 7.87. The summed E-state index contributed by atoms with van der Waals surface area (Å²) in [7, 11) is 0. The fourth-order valence-corrected chi connectivity index (χ4v) is 2.88. The molecule has 0 amide bonds. The average Bonchev–Trinajstić information content (AvgIpc) is 3.09. The van der Waals surface area contributed by atoms with Gasteiger partial charge in [-0.2, -0.15) is 4.98 Å². The summed E-state index contributed by atoms with van der Waals surface area (Å²) in [4.78, 5) is 8.95. The highest BCUT2D eigenvalue weighted by Crippen LogP contribution is 2.20. The Labute approximate surface area is 157 Å². The SMILES string of the molecule is CCNC(=NCc1noc(C(C)(C)C)n1)NCCCOC1CCCCC1. The standard InChI is InChI=1S/C19H35N5O2/c1-5-20-18(21-12-9-13-25-15-10-7-6-8-11-15)22-14-16-23-17(26-24-16)19(2,3)4/h15H,5-14H2,1-4H3,(H2,20,21,22). The van der Waals surface area contributed by atoms with Crippen LogP contribution in [0, 0.1) is 0 Å². The van der Waals surface area contributed by atoms with Crippen molar-refractivity contribution < 1.29 is 9.26 Å². The van der Waals surface area contributed by atoms with Crippen LogP contribution in [0.1, 0.15) is 77.9 Å². The molecule has 1 fully saturated rings. The molecular formula is C19H35N5O2. The maximum atomic E-state index is 5.96. The monoisotopic (exact) mass is 365 g/mol. The van der Waals surface area contributed by atoms with E-state index < -0.39 is 0 Å². The topological polar surface area (TPSA) is 84.6 Å². The second-order valence-corrected chi connectivity index (χ2v) is 7.87. The first kappa shape index (κ1) is 20.7. The molecule has 1 heterocycles. The van der Waals surface area contributed by atoms with Crippen molar-refractivity contribution >= 4 is 5.96 Å². The molecule has 2 N–H and O–H groups in total. The van der Waals surface area contributed by atoms with E-state index in [9.17, 15) is 0 Å². The molecule has 0 unspecified atom stereocenters. The van der Waals surface area contributed by atoms with Crippen LogP contribution >= 0.6 is 0 Å². The molecule has 148 valence electrons. The van der Waals surface area contributed by atoms with Gasteiger partial charge < -0.3 is 19.9 Å². The molecule has 0 radical (unpaired) electrons. The number of aliphatic imine (C=N–C) groups is 1. The van der Waals surface area contributed by atoms with Crippen molar-refractivity contribution in [2.75, 3.05) is 19.7 Å². The molecule has 2 rings (SSSR count). The summed E-state index contributed by atoms with van der Waals surface area (Å²) < 4.78 is 11.3. The lowest BCUT2D eigenvalue weighted by Gasteiger charge is -2.22. The molecule has 1 aromatic heterocycles. The maximum Gasteiger partial charge on any atom is 0.232 e. The minimum atomic E-state index is -0.143. The molecule has 1 aliphatic rings. The lowest BCUT2D eigenvalue weighted by molar-refractivity contribution is 0.0277. The van der Waals surface area contributed by atoms with Crippen molar-refractivity contribution in [3.8, 4) is 0 Å². The molecule has 0 aromatic carbocycles. The van der Waals surface area contributed by atoms with E-state index in [0.717, 1.165) is 32.1 Å². The van der Waals surface area contributed by atoms with Gasteiger partial charge in [0.25, 0.3) is 0 Å². The zero-order chi connectivity index (χ0) is 18.8. The van der Waals surface area contributed by atoms with Crippen LogP contribution < -0.4 is 10.6 Å². The zero-order valence-corrected chi connectivity index (χ0v) is 16.8. The van der Waals surface area contributed by atoms with Crippen LogP contribution in [-0.4, -0.2) is 41.9 Å². The van der Waals surface area contributed by atoms with Crippen molar-refractivity contribution in [3.05, 3.63) is 11.7 Å². The van der Waals surface area contributed by atoms with E-state index in [1.807, 2.05) is 0 Å². The van der Waals surface area contributed by atoms with Crippen LogP contribution in [0.2, 0.25) is 0 Å². The Balaban J connectivity index is 1.71. The average molecular weight is 366 g/mol. The first-order chi connectivity index (χ1) is 12.5. The third-order valence-electron chi connectivity index (χ3n) is 4.35. The minimum absolute atomic E-state index is 0.143. The van der Waals surface area contributed by atoms with E-state index in [1.54, 1.807) is 0 Å². The third kappa shape index (κ3) is 7.32. The summed E-state index contributed by atoms with van der Waals surface area (Å²) in [5.41, 5.74) is -0.143. The Kier molecular flexibility index (Phi) is 8.35. The van der Waals surface area contributed by atoms with Crippen molar-refractivity contribution in [2.24, 2.45) is 4.99 Å². The van der Waals surface area contributed by atoms with Gasteiger partial charge in [-0.15, -0.1) is 0 Å². The van der Waals surface area contributed by atoms with Crippen molar-refractivity contribution in [1.29, 1.82) is 0 Å². The van der Waals surface area contributed by atoms with Gasteiger partial charge in [0.05, 0.1) is 6.10 Å². The lowest BCUT2D eigenvalue weighted by Crippen LogP contribution is -2.38. The van der Waals surface area contributed by atoms with Gasteiger partial charge >= 0.3 is 0 Å². The Bertz CT molecular complexity index is 544. The number of aromatic nitrogens is 2. The van der Waals surface area contributed by atoms with Crippen LogP contribution in [0.15, 0.2) is 9.52 Å². The van der Waals surface area contributed by atoms with Crippen molar-refractivity contribution in [2.45, 2.75) is 84.3 Å². The molecule has 0 saturated heterocycles.